The second-order valence-corrected chi connectivity index (χ2v) is 5.72. The van der Waals surface area contributed by atoms with Gasteiger partial charge >= 0.3 is 0 Å². The van der Waals surface area contributed by atoms with Crippen molar-refractivity contribution >= 4 is 27.5 Å². The molecule has 0 aromatic heterocycles. The first-order valence-electron chi connectivity index (χ1n) is 5.91. The molecule has 0 aliphatic rings. The second kappa shape index (κ2) is 6.04. The summed E-state index contributed by atoms with van der Waals surface area (Å²) in [6.45, 7) is 1.74. The highest BCUT2D eigenvalue weighted by atomic mass is 79.9. The van der Waals surface area contributed by atoms with Crippen molar-refractivity contribution < 1.29 is 4.39 Å². The van der Waals surface area contributed by atoms with Gasteiger partial charge in [0, 0.05) is 9.50 Å². The van der Waals surface area contributed by atoms with Crippen LogP contribution in [-0.2, 0) is 0 Å². The summed E-state index contributed by atoms with van der Waals surface area (Å²) in [5.74, 6) is -0.280. The van der Waals surface area contributed by atoms with Gasteiger partial charge in [-0.1, -0.05) is 39.7 Å². The number of halogens is 3. The van der Waals surface area contributed by atoms with Crippen molar-refractivity contribution in [3.05, 3.63) is 68.4 Å². The number of nitrogens with one attached hydrogen (secondary N) is 1. The monoisotopic (exact) mass is 341 g/mol. The molecule has 100 valence electrons. The number of benzene rings is 2. The van der Waals surface area contributed by atoms with E-state index in [-0.39, 0.29) is 11.9 Å². The van der Waals surface area contributed by atoms with E-state index < -0.39 is 0 Å². The van der Waals surface area contributed by atoms with Gasteiger partial charge in [0.05, 0.1) is 6.04 Å². The minimum absolute atomic E-state index is 0.0655. The smallest absolute Gasteiger partial charge is 0.127 e. The average Bonchev–Trinajstić information content (AvgIpc) is 2.36. The summed E-state index contributed by atoms with van der Waals surface area (Å²) >= 11 is 9.63. The SMILES string of the molecule is CNC(c1cccc(Br)c1)c1cc(C)c(F)cc1Cl. The lowest BCUT2D eigenvalue weighted by Crippen LogP contribution is -2.18. The van der Waals surface area contributed by atoms with E-state index in [1.165, 1.54) is 6.07 Å². The predicted octanol–water partition coefficient (Wildman–Crippen LogP) is 4.86. The molecule has 0 aliphatic carbocycles. The molecule has 0 heterocycles. The van der Waals surface area contributed by atoms with Gasteiger partial charge in [-0.15, -0.1) is 0 Å². The minimum Gasteiger partial charge on any atom is -0.309 e. The number of rotatable bonds is 3. The van der Waals surface area contributed by atoms with Crippen LogP contribution in [0.25, 0.3) is 0 Å². The van der Waals surface area contributed by atoms with Crippen LogP contribution in [0.3, 0.4) is 0 Å². The first-order chi connectivity index (χ1) is 9.02. The molecule has 19 heavy (non-hydrogen) atoms. The van der Waals surface area contributed by atoms with Gasteiger partial charge in [-0.05, 0) is 54.9 Å². The third-order valence-electron chi connectivity index (χ3n) is 3.06. The molecule has 2 aromatic rings. The largest absolute Gasteiger partial charge is 0.309 e. The van der Waals surface area contributed by atoms with Gasteiger partial charge in [0.1, 0.15) is 5.82 Å². The van der Waals surface area contributed by atoms with E-state index in [1.807, 2.05) is 31.3 Å². The van der Waals surface area contributed by atoms with E-state index >= 15 is 0 Å². The highest BCUT2D eigenvalue weighted by molar-refractivity contribution is 9.10. The predicted molar refractivity (Wildman–Crippen MR) is 81.2 cm³/mol. The first kappa shape index (κ1) is 14.5. The average molecular weight is 343 g/mol. The normalized spacial score (nSPS) is 12.5. The lowest BCUT2D eigenvalue weighted by Gasteiger charge is -2.19. The van der Waals surface area contributed by atoms with E-state index in [9.17, 15) is 4.39 Å². The third kappa shape index (κ3) is 3.16. The summed E-state index contributed by atoms with van der Waals surface area (Å²) in [5, 5.41) is 3.65. The van der Waals surface area contributed by atoms with Crippen LogP contribution in [-0.4, -0.2) is 7.05 Å². The summed E-state index contributed by atoms with van der Waals surface area (Å²) in [6.07, 6.45) is 0. The van der Waals surface area contributed by atoms with Crippen LogP contribution in [0, 0.1) is 12.7 Å². The second-order valence-electron chi connectivity index (χ2n) is 4.40. The van der Waals surface area contributed by atoms with Gasteiger partial charge in [-0.25, -0.2) is 4.39 Å². The molecular weight excluding hydrogens is 329 g/mol. The molecule has 0 bridgehead atoms. The van der Waals surface area contributed by atoms with Gasteiger partial charge < -0.3 is 5.32 Å². The quantitative estimate of drug-likeness (QED) is 0.840. The van der Waals surface area contributed by atoms with Crippen molar-refractivity contribution in [2.24, 2.45) is 0 Å². The van der Waals surface area contributed by atoms with Crippen molar-refractivity contribution in [1.82, 2.24) is 5.32 Å². The maximum Gasteiger partial charge on any atom is 0.127 e. The maximum absolute atomic E-state index is 13.5. The van der Waals surface area contributed by atoms with Gasteiger partial charge in [0.2, 0.25) is 0 Å². The molecule has 0 amide bonds. The number of aryl methyl sites for hydroxylation is 1. The minimum atomic E-state index is -0.280. The molecule has 4 heteroatoms. The fraction of sp³-hybridized carbons (Fsp3) is 0.200. The van der Waals surface area contributed by atoms with Gasteiger partial charge in [-0.2, -0.15) is 0 Å². The van der Waals surface area contributed by atoms with Gasteiger partial charge in [-0.3, -0.25) is 0 Å². The van der Waals surface area contributed by atoms with Crippen molar-refractivity contribution in [2.45, 2.75) is 13.0 Å². The van der Waals surface area contributed by atoms with E-state index in [4.69, 9.17) is 11.6 Å². The van der Waals surface area contributed by atoms with E-state index in [0.717, 1.165) is 15.6 Å². The zero-order chi connectivity index (χ0) is 14.0. The molecular formula is C15H14BrClFN. The summed E-state index contributed by atoms with van der Waals surface area (Å²) in [4.78, 5) is 0. The Morgan fingerprint density at radius 3 is 2.63 bits per heavy atom. The lowest BCUT2D eigenvalue weighted by atomic mass is 9.97. The van der Waals surface area contributed by atoms with Crippen LogP contribution in [0.1, 0.15) is 22.7 Å². The van der Waals surface area contributed by atoms with Crippen LogP contribution >= 0.6 is 27.5 Å². The highest BCUT2D eigenvalue weighted by Gasteiger charge is 2.17. The molecule has 1 N–H and O–H groups in total. The Morgan fingerprint density at radius 1 is 1.26 bits per heavy atom. The Balaban J connectivity index is 2.51. The Labute approximate surface area is 125 Å². The van der Waals surface area contributed by atoms with Gasteiger partial charge in [0.15, 0.2) is 0 Å². The fourth-order valence-electron chi connectivity index (χ4n) is 2.09. The maximum atomic E-state index is 13.5. The van der Waals surface area contributed by atoms with E-state index in [0.29, 0.717) is 10.6 Å². The fourth-order valence-corrected chi connectivity index (χ4v) is 2.77. The zero-order valence-corrected chi connectivity index (χ0v) is 13.0. The Morgan fingerprint density at radius 2 is 2.00 bits per heavy atom. The molecule has 2 aromatic carbocycles. The third-order valence-corrected chi connectivity index (χ3v) is 3.88. The van der Waals surface area contributed by atoms with Crippen LogP contribution in [0.2, 0.25) is 5.02 Å². The van der Waals surface area contributed by atoms with E-state index in [2.05, 4.69) is 21.2 Å². The Bertz CT molecular complexity index is 601. The van der Waals surface area contributed by atoms with Crippen LogP contribution in [0.4, 0.5) is 4.39 Å². The standard InChI is InChI=1S/C15H14BrClFN/c1-9-6-12(13(17)8-14(9)18)15(19-2)10-4-3-5-11(16)7-10/h3-8,15,19H,1-2H3. The lowest BCUT2D eigenvalue weighted by molar-refractivity contribution is 0.614. The molecule has 0 spiro atoms. The van der Waals surface area contributed by atoms with Crippen LogP contribution < -0.4 is 5.32 Å². The molecule has 1 nitrogen and oxygen atoms in total. The summed E-state index contributed by atoms with van der Waals surface area (Å²) in [5.41, 5.74) is 2.54. The molecule has 0 saturated heterocycles. The van der Waals surface area contributed by atoms with Crippen molar-refractivity contribution in [2.75, 3.05) is 7.05 Å². The molecule has 1 atom stereocenters. The van der Waals surface area contributed by atoms with Crippen LogP contribution in [0.15, 0.2) is 40.9 Å². The molecule has 2 rings (SSSR count). The Kier molecular flexibility index (Phi) is 4.61. The number of hydrogen-bond acceptors (Lipinski definition) is 1. The van der Waals surface area contributed by atoms with Crippen molar-refractivity contribution in [1.29, 1.82) is 0 Å². The zero-order valence-electron chi connectivity index (χ0n) is 10.7. The van der Waals surface area contributed by atoms with Crippen molar-refractivity contribution in [3.8, 4) is 0 Å². The summed E-state index contributed by atoms with van der Waals surface area (Å²) in [7, 11) is 1.86. The molecule has 0 fully saturated rings. The molecule has 0 aliphatic heterocycles. The molecule has 1 unspecified atom stereocenters. The topological polar surface area (TPSA) is 12.0 Å². The van der Waals surface area contributed by atoms with Crippen LogP contribution in [0.5, 0.6) is 0 Å². The molecule has 0 radical (unpaired) electrons. The highest BCUT2D eigenvalue weighted by Crippen LogP contribution is 2.31. The van der Waals surface area contributed by atoms with E-state index in [1.54, 1.807) is 13.0 Å². The number of hydrogen-bond donors (Lipinski definition) is 1. The summed E-state index contributed by atoms with van der Waals surface area (Å²) in [6, 6.07) is 11.1. The Hall–Kier alpha value is -0.900. The summed E-state index contributed by atoms with van der Waals surface area (Å²) < 4.78 is 14.5. The van der Waals surface area contributed by atoms with Gasteiger partial charge in [0.25, 0.3) is 0 Å². The van der Waals surface area contributed by atoms with Crippen molar-refractivity contribution in [3.63, 3.8) is 0 Å². The molecule has 0 saturated carbocycles. The first-order valence-corrected chi connectivity index (χ1v) is 7.08.